The van der Waals surface area contributed by atoms with E-state index in [1.54, 1.807) is 13.2 Å². The third-order valence-electron chi connectivity index (χ3n) is 3.17. The molecule has 1 aliphatic rings. The van der Waals surface area contributed by atoms with Gasteiger partial charge >= 0.3 is 0 Å². The number of methoxy groups -OCH3 is 1. The molecule has 0 amide bonds. The molecule has 1 saturated carbocycles. The Labute approximate surface area is 95.1 Å². The van der Waals surface area contributed by atoms with Crippen LogP contribution in [0.5, 0.6) is 5.88 Å². The predicted molar refractivity (Wildman–Crippen MR) is 59.2 cm³/mol. The van der Waals surface area contributed by atoms with Gasteiger partial charge in [0.2, 0.25) is 5.88 Å². The molecule has 1 unspecified atom stereocenters. The second-order valence-electron chi connectivity index (χ2n) is 4.94. The van der Waals surface area contributed by atoms with Gasteiger partial charge in [0.25, 0.3) is 0 Å². The molecule has 0 N–H and O–H groups in total. The number of ether oxygens (including phenoxy) is 1. The molecule has 1 heterocycles. The zero-order valence-corrected chi connectivity index (χ0v) is 9.86. The van der Waals surface area contributed by atoms with Gasteiger partial charge in [0.05, 0.1) is 12.8 Å². The van der Waals surface area contributed by atoms with E-state index in [1.165, 1.54) is 6.33 Å². The third kappa shape index (κ3) is 2.21. The molecule has 1 aromatic rings. The molecule has 1 atom stereocenters. The van der Waals surface area contributed by atoms with Gasteiger partial charge in [-0.1, -0.05) is 13.8 Å². The van der Waals surface area contributed by atoms with Crippen molar-refractivity contribution in [3.63, 3.8) is 0 Å². The maximum Gasteiger partial charge on any atom is 0.216 e. The molecule has 2 rings (SSSR count). The van der Waals surface area contributed by atoms with Crippen molar-refractivity contribution in [1.29, 1.82) is 0 Å². The Morgan fingerprint density at radius 2 is 2.25 bits per heavy atom. The Balaban J connectivity index is 2.01. The highest BCUT2D eigenvalue weighted by Gasteiger charge is 2.49. The van der Waals surface area contributed by atoms with E-state index >= 15 is 0 Å². The average Bonchev–Trinajstić information content (AvgIpc) is 2.88. The first kappa shape index (κ1) is 11.0. The minimum absolute atomic E-state index is 0.189. The summed E-state index contributed by atoms with van der Waals surface area (Å²) in [4.78, 5) is 19.9. The van der Waals surface area contributed by atoms with Crippen LogP contribution in [0.3, 0.4) is 0 Å². The Hall–Kier alpha value is -1.45. The molecule has 1 aromatic heterocycles. The summed E-state index contributed by atoms with van der Waals surface area (Å²) < 4.78 is 4.99. The fourth-order valence-corrected chi connectivity index (χ4v) is 1.90. The Morgan fingerprint density at radius 1 is 1.56 bits per heavy atom. The Morgan fingerprint density at radius 3 is 2.81 bits per heavy atom. The first-order chi connectivity index (χ1) is 7.53. The molecule has 0 spiro atoms. The van der Waals surface area contributed by atoms with Crippen LogP contribution in [-0.4, -0.2) is 22.9 Å². The van der Waals surface area contributed by atoms with Crippen molar-refractivity contribution in [2.45, 2.75) is 26.7 Å². The SMILES string of the molecule is COc1cc(CC(=O)C2CC2(C)C)ncn1. The summed E-state index contributed by atoms with van der Waals surface area (Å²) in [6, 6.07) is 1.72. The second kappa shape index (κ2) is 3.85. The summed E-state index contributed by atoms with van der Waals surface area (Å²) in [5.74, 6) is 0.979. The summed E-state index contributed by atoms with van der Waals surface area (Å²) in [7, 11) is 1.55. The molecule has 0 aromatic carbocycles. The number of carbonyl (C=O) groups is 1. The molecule has 1 aliphatic carbocycles. The first-order valence-corrected chi connectivity index (χ1v) is 5.40. The summed E-state index contributed by atoms with van der Waals surface area (Å²) in [5, 5.41) is 0. The molecule has 4 nitrogen and oxygen atoms in total. The van der Waals surface area contributed by atoms with Gasteiger partial charge in [-0.3, -0.25) is 4.79 Å². The fraction of sp³-hybridized carbons (Fsp3) is 0.583. The molecular weight excluding hydrogens is 204 g/mol. The molecule has 4 heteroatoms. The lowest BCUT2D eigenvalue weighted by Crippen LogP contribution is -2.10. The number of nitrogens with zero attached hydrogens (tertiary/aromatic N) is 2. The van der Waals surface area contributed by atoms with Crippen molar-refractivity contribution in [3.8, 4) is 5.88 Å². The van der Waals surface area contributed by atoms with Gasteiger partial charge in [0.15, 0.2) is 0 Å². The van der Waals surface area contributed by atoms with E-state index in [0.717, 1.165) is 12.1 Å². The van der Waals surface area contributed by atoms with Crippen molar-refractivity contribution in [2.75, 3.05) is 7.11 Å². The normalized spacial score (nSPS) is 21.6. The van der Waals surface area contributed by atoms with Crippen LogP contribution in [0.2, 0.25) is 0 Å². The fourth-order valence-electron chi connectivity index (χ4n) is 1.90. The molecule has 0 radical (unpaired) electrons. The molecule has 0 saturated heterocycles. The predicted octanol–water partition coefficient (Wildman–Crippen LogP) is 1.64. The van der Waals surface area contributed by atoms with Gasteiger partial charge in [0.1, 0.15) is 12.1 Å². The Kier molecular flexibility index (Phi) is 2.66. The zero-order chi connectivity index (χ0) is 11.8. The average molecular weight is 220 g/mol. The highest BCUT2D eigenvalue weighted by atomic mass is 16.5. The van der Waals surface area contributed by atoms with Crippen LogP contribution in [0.15, 0.2) is 12.4 Å². The van der Waals surface area contributed by atoms with E-state index in [1.807, 2.05) is 0 Å². The maximum atomic E-state index is 11.9. The molecule has 1 fully saturated rings. The number of aromatic nitrogens is 2. The third-order valence-corrected chi connectivity index (χ3v) is 3.17. The van der Waals surface area contributed by atoms with Crippen LogP contribution >= 0.6 is 0 Å². The number of hydrogen-bond donors (Lipinski definition) is 0. The van der Waals surface area contributed by atoms with Crippen LogP contribution in [0.1, 0.15) is 26.0 Å². The minimum atomic E-state index is 0.189. The lowest BCUT2D eigenvalue weighted by molar-refractivity contribution is -0.120. The molecule has 16 heavy (non-hydrogen) atoms. The van der Waals surface area contributed by atoms with Gasteiger partial charge in [-0.05, 0) is 11.8 Å². The van der Waals surface area contributed by atoms with Crippen molar-refractivity contribution in [2.24, 2.45) is 11.3 Å². The molecule has 86 valence electrons. The summed E-state index contributed by atoms with van der Waals surface area (Å²) in [6.07, 6.45) is 2.81. The summed E-state index contributed by atoms with van der Waals surface area (Å²) in [5.41, 5.74) is 0.924. The zero-order valence-electron chi connectivity index (χ0n) is 9.86. The number of ketones is 1. The van der Waals surface area contributed by atoms with E-state index < -0.39 is 0 Å². The van der Waals surface area contributed by atoms with E-state index in [0.29, 0.717) is 12.3 Å². The van der Waals surface area contributed by atoms with Crippen LogP contribution in [0, 0.1) is 11.3 Å². The topological polar surface area (TPSA) is 52.1 Å². The number of hydrogen-bond acceptors (Lipinski definition) is 4. The quantitative estimate of drug-likeness (QED) is 0.774. The lowest BCUT2D eigenvalue weighted by Gasteiger charge is -2.03. The van der Waals surface area contributed by atoms with Gasteiger partial charge in [-0.2, -0.15) is 0 Å². The highest BCUT2D eigenvalue weighted by Crippen LogP contribution is 2.52. The van der Waals surface area contributed by atoms with Gasteiger partial charge in [-0.15, -0.1) is 0 Å². The van der Waals surface area contributed by atoms with Crippen molar-refractivity contribution >= 4 is 5.78 Å². The maximum absolute atomic E-state index is 11.9. The van der Waals surface area contributed by atoms with Crippen LogP contribution in [0.4, 0.5) is 0 Å². The van der Waals surface area contributed by atoms with Crippen molar-refractivity contribution in [1.82, 2.24) is 9.97 Å². The van der Waals surface area contributed by atoms with E-state index in [-0.39, 0.29) is 17.1 Å². The lowest BCUT2D eigenvalue weighted by atomic mass is 10.0. The summed E-state index contributed by atoms with van der Waals surface area (Å²) in [6.45, 7) is 4.24. The molecule has 0 bridgehead atoms. The van der Waals surface area contributed by atoms with E-state index in [2.05, 4.69) is 23.8 Å². The largest absolute Gasteiger partial charge is 0.481 e. The molecule has 0 aliphatic heterocycles. The number of rotatable bonds is 4. The van der Waals surface area contributed by atoms with Gasteiger partial charge in [-0.25, -0.2) is 9.97 Å². The second-order valence-corrected chi connectivity index (χ2v) is 4.94. The smallest absolute Gasteiger partial charge is 0.216 e. The van der Waals surface area contributed by atoms with Gasteiger partial charge < -0.3 is 4.74 Å². The molecular formula is C12H16N2O2. The van der Waals surface area contributed by atoms with Crippen molar-refractivity contribution in [3.05, 3.63) is 18.1 Å². The first-order valence-electron chi connectivity index (χ1n) is 5.40. The number of Topliss-reactive ketones (excluding diaryl/α,β-unsaturated/α-hetero) is 1. The van der Waals surface area contributed by atoms with Crippen molar-refractivity contribution < 1.29 is 9.53 Å². The van der Waals surface area contributed by atoms with Crippen LogP contribution in [0.25, 0.3) is 0 Å². The minimum Gasteiger partial charge on any atom is -0.481 e. The summed E-state index contributed by atoms with van der Waals surface area (Å²) >= 11 is 0. The van der Waals surface area contributed by atoms with E-state index in [9.17, 15) is 4.79 Å². The highest BCUT2D eigenvalue weighted by molar-refractivity contribution is 5.86. The Bertz CT molecular complexity index is 415. The van der Waals surface area contributed by atoms with E-state index in [4.69, 9.17) is 4.74 Å². The standard InChI is InChI=1S/C12H16N2O2/c1-12(2)6-9(12)10(15)4-8-5-11(16-3)14-7-13-8/h5,7,9H,4,6H2,1-3H3. The monoisotopic (exact) mass is 220 g/mol. The van der Waals surface area contributed by atoms with Crippen LogP contribution < -0.4 is 4.74 Å². The number of carbonyl (C=O) groups excluding carboxylic acids is 1. The van der Waals surface area contributed by atoms with Gasteiger partial charge in [0, 0.05) is 18.4 Å². The van der Waals surface area contributed by atoms with Crippen LogP contribution in [-0.2, 0) is 11.2 Å².